The molecule has 2 atom stereocenters. The first kappa shape index (κ1) is 15.5. The first-order valence-corrected chi connectivity index (χ1v) is 13.2. The minimum atomic E-state index is 0.782. The minimum absolute atomic E-state index is 0.782. The zero-order valence-corrected chi connectivity index (χ0v) is 17.4. The molecule has 0 aromatic heterocycles. The zero-order valence-electron chi connectivity index (χ0n) is 10.8. The topological polar surface area (TPSA) is 0 Å². The van der Waals surface area contributed by atoms with E-state index in [9.17, 15) is 0 Å². The largest absolute Gasteiger partial charge is 0.116 e. The average Bonchev–Trinajstić information content (AvgIpc) is 3.09. The van der Waals surface area contributed by atoms with E-state index in [1.54, 1.807) is 16.9 Å². The highest BCUT2D eigenvalue weighted by Crippen LogP contribution is 2.70. The van der Waals surface area contributed by atoms with Crippen LogP contribution in [0.25, 0.3) is 0 Å². The van der Waals surface area contributed by atoms with Crippen molar-refractivity contribution in [3.63, 3.8) is 0 Å². The lowest BCUT2D eigenvalue weighted by Gasteiger charge is -2.06. The summed E-state index contributed by atoms with van der Waals surface area (Å²) in [7, 11) is 0. The van der Waals surface area contributed by atoms with Crippen LogP contribution in [0, 0.1) is 0 Å². The lowest BCUT2D eigenvalue weighted by Crippen LogP contribution is -1.88. The van der Waals surface area contributed by atoms with E-state index in [-0.39, 0.29) is 0 Å². The van der Waals surface area contributed by atoms with Crippen molar-refractivity contribution < 1.29 is 0 Å². The maximum Gasteiger partial charge on any atom is 0.0718 e. The Bertz CT molecular complexity index is 478. The molecule has 4 aliphatic heterocycles. The maximum absolute atomic E-state index is 2.33. The predicted molar refractivity (Wildman–Crippen MR) is 110 cm³/mol. The third-order valence-electron chi connectivity index (χ3n) is 2.76. The minimum Gasteiger partial charge on any atom is -0.116 e. The SMILES string of the molecule is C[C@@H]1CSC(=C2SC3=C(S2)SC(=C2SC[C@@H](C)S2)S3)S1. The summed E-state index contributed by atoms with van der Waals surface area (Å²) in [5, 5.41) is 1.56. The van der Waals surface area contributed by atoms with Crippen LogP contribution in [0.2, 0.25) is 0 Å². The van der Waals surface area contributed by atoms with Crippen molar-refractivity contribution in [3.8, 4) is 0 Å². The second-order valence-corrected chi connectivity index (χ2v) is 15.2. The van der Waals surface area contributed by atoms with Gasteiger partial charge in [-0.1, -0.05) is 60.9 Å². The third-order valence-corrected chi connectivity index (χ3v) is 15.4. The molecule has 0 aliphatic carbocycles. The first-order chi connectivity index (χ1) is 9.69. The van der Waals surface area contributed by atoms with Crippen molar-refractivity contribution in [3.05, 3.63) is 25.4 Å². The molecule has 0 bridgehead atoms. The smallest absolute Gasteiger partial charge is 0.0718 e. The Morgan fingerprint density at radius 1 is 0.600 bits per heavy atom. The van der Waals surface area contributed by atoms with Crippen LogP contribution in [0.4, 0.5) is 0 Å². The molecule has 0 aromatic carbocycles. The van der Waals surface area contributed by atoms with Crippen LogP contribution in [-0.2, 0) is 0 Å². The molecule has 0 nitrogen and oxygen atoms in total. The maximum atomic E-state index is 2.33. The lowest BCUT2D eigenvalue weighted by molar-refractivity contribution is 1.15. The Balaban J connectivity index is 1.47. The molecule has 0 amide bonds. The molecule has 2 fully saturated rings. The second-order valence-electron chi connectivity index (χ2n) is 4.61. The van der Waals surface area contributed by atoms with Gasteiger partial charge in [-0.05, 0) is 0 Å². The quantitative estimate of drug-likeness (QED) is 0.409. The summed E-state index contributed by atoms with van der Waals surface area (Å²) < 4.78 is 9.28. The van der Waals surface area contributed by atoms with Crippen molar-refractivity contribution in [1.29, 1.82) is 0 Å². The van der Waals surface area contributed by atoms with Gasteiger partial charge in [-0.15, -0.1) is 47.0 Å². The Labute approximate surface area is 154 Å². The average molecular weight is 413 g/mol. The molecular formula is C12H12S8. The summed E-state index contributed by atoms with van der Waals surface area (Å²) >= 11 is 16.3. The van der Waals surface area contributed by atoms with Gasteiger partial charge in [-0.3, -0.25) is 0 Å². The summed E-state index contributed by atoms with van der Waals surface area (Å²) in [5.41, 5.74) is 0. The van der Waals surface area contributed by atoms with Crippen LogP contribution >= 0.6 is 94.1 Å². The van der Waals surface area contributed by atoms with E-state index in [0.29, 0.717) is 0 Å². The van der Waals surface area contributed by atoms with Crippen molar-refractivity contribution in [2.24, 2.45) is 0 Å². The zero-order chi connectivity index (χ0) is 13.7. The third kappa shape index (κ3) is 3.14. The molecule has 108 valence electrons. The van der Waals surface area contributed by atoms with Crippen LogP contribution in [0.5, 0.6) is 0 Å². The molecule has 0 saturated carbocycles. The molecular weight excluding hydrogens is 401 g/mol. The van der Waals surface area contributed by atoms with Gasteiger partial charge in [0, 0.05) is 22.0 Å². The fraction of sp³-hybridized carbons (Fsp3) is 0.500. The number of thioether (sulfide) groups is 8. The summed E-state index contributed by atoms with van der Waals surface area (Å²) in [6.07, 6.45) is 0. The highest BCUT2D eigenvalue weighted by Gasteiger charge is 2.35. The molecule has 0 aromatic rings. The van der Waals surface area contributed by atoms with Gasteiger partial charge in [-0.25, -0.2) is 0 Å². The highest BCUT2D eigenvalue weighted by molar-refractivity contribution is 8.49. The van der Waals surface area contributed by atoms with E-state index in [0.717, 1.165) is 10.5 Å². The van der Waals surface area contributed by atoms with Crippen LogP contribution < -0.4 is 0 Å². The summed E-state index contributed by atoms with van der Waals surface area (Å²) in [6, 6.07) is 0. The van der Waals surface area contributed by atoms with Gasteiger partial charge in [0.1, 0.15) is 0 Å². The van der Waals surface area contributed by atoms with E-state index < -0.39 is 0 Å². The van der Waals surface area contributed by atoms with Crippen LogP contribution in [-0.4, -0.2) is 22.0 Å². The van der Waals surface area contributed by atoms with E-state index in [2.05, 4.69) is 37.4 Å². The monoisotopic (exact) mass is 412 g/mol. The van der Waals surface area contributed by atoms with Crippen molar-refractivity contribution in [2.75, 3.05) is 11.5 Å². The summed E-state index contributed by atoms with van der Waals surface area (Å²) in [4.78, 5) is 0. The molecule has 0 radical (unpaired) electrons. The molecule has 4 rings (SSSR count). The lowest BCUT2D eigenvalue weighted by atomic mass is 10.6. The van der Waals surface area contributed by atoms with Crippen LogP contribution in [0.3, 0.4) is 0 Å². The fourth-order valence-corrected chi connectivity index (χ4v) is 14.6. The Morgan fingerprint density at radius 3 is 1.25 bits per heavy atom. The van der Waals surface area contributed by atoms with Crippen LogP contribution in [0.15, 0.2) is 25.4 Å². The molecule has 2 saturated heterocycles. The molecule has 4 heterocycles. The number of hydrogen-bond donors (Lipinski definition) is 0. The predicted octanol–water partition coefficient (Wildman–Crippen LogP) is 7.06. The number of hydrogen-bond acceptors (Lipinski definition) is 8. The molecule has 0 unspecified atom stereocenters. The molecule has 20 heavy (non-hydrogen) atoms. The highest BCUT2D eigenvalue weighted by atomic mass is 32.3. The first-order valence-electron chi connectivity index (χ1n) is 6.22. The molecule has 0 N–H and O–H groups in total. The summed E-state index contributed by atoms with van der Waals surface area (Å²) in [5.74, 6) is 2.55. The number of rotatable bonds is 0. The van der Waals surface area contributed by atoms with Gasteiger partial charge >= 0.3 is 0 Å². The van der Waals surface area contributed by atoms with Crippen molar-refractivity contribution in [1.82, 2.24) is 0 Å². The van der Waals surface area contributed by atoms with Gasteiger partial charge in [0.15, 0.2) is 0 Å². The van der Waals surface area contributed by atoms with Crippen molar-refractivity contribution in [2.45, 2.75) is 24.3 Å². The van der Waals surface area contributed by atoms with E-state index in [1.165, 1.54) is 20.0 Å². The molecule has 4 aliphatic rings. The van der Waals surface area contributed by atoms with E-state index >= 15 is 0 Å². The van der Waals surface area contributed by atoms with Gasteiger partial charge in [0.2, 0.25) is 0 Å². The molecule has 8 heteroatoms. The Morgan fingerprint density at radius 2 is 0.950 bits per heavy atom. The standard InChI is InChI=1S/C12H12S8/c1-5-3-13-7(15-5)9-17-11-12(18-9)20-10(19-11)8-14-4-6(2)16-8/h5-6H,3-4H2,1-2H3/t5-,6-/m1/s1. The Hall–Kier alpha value is 2.02. The van der Waals surface area contributed by atoms with E-state index in [4.69, 9.17) is 0 Å². The second kappa shape index (κ2) is 6.49. The Kier molecular flexibility index (Phi) is 5.05. The van der Waals surface area contributed by atoms with Crippen molar-refractivity contribution >= 4 is 94.1 Å². The van der Waals surface area contributed by atoms with Gasteiger partial charge in [-0.2, -0.15) is 0 Å². The van der Waals surface area contributed by atoms with Gasteiger partial charge < -0.3 is 0 Å². The van der Waals surface area contributed by atoms with Crippen LogP contribution in [0.1, 0.15) is 13.8 Å². The fourth-order valence-electron chi connectivity index (χ4n) is 1.86. The molecule has 0 spiro atoms. The van der Waals surface area contributed by atoms with E-state index in [1.807, 2.05) is 70.6 Å². The van der Waals surface area contributed by atoms with Gasteiger partial charge in [0.05, 0.1) is 25.4 Å². The summed E-state index contributed by atoms with van der Waals surface area (Å²) in [6.45, 7) is 4.66. The van der Waals surface area contributed by atoms with Gasteiger partial charge in [0.25, 0.3) is 0 Å². The normalized spacial score (nSPS) is 33.9.